The quantitative estimate of drug-likeness (QED) is 0.825. The summed E-state index contributed by atoms with van der Waals surface area (Å²) in [6.45, 7) is 4.02. The van der Waals surface area contributed by atoms with Gasteiger partial charge in [-0.25, -0.2) is 4.39 Å². The molecule has 0 heterocycles. The molecule has 0 fully saturated rings. The van der Waals surface area contributed by atoms with Crippen LogP contribution in [-0.2, 0) is 0 Å². The maximum atomic E-state index is 12.8. The molecule has 3 heteroatoms. The van der Waals surface area contributed by atoms with Crippen molar-refractivity contribution < 1.29 is 4.39 Å². The zero-order valence-corrected chi connectivity index (χ0v) is 11.1. The Balaban J connectivity index is 2.15. The maximum Gasteiger partial charge on any atom is 0.123 e. The minimum absolute atomic E-state index is 0.0748. The van der Waals surface area contributed by atoms with Crippen molar-refractivity contribution >= 4 is 17.3 Å². The second-order valence-electron chi connectivity index (χ2n) is 4.40. The molecule has 0 aliphatic carbocycles. The first-order chi connectivity index (χ1) is 8.56. The van der Waals surface area contributed by atoms with Crippen LogP contribution in [0.2, 0.25) is 5.02 Å². The third-order valence-electron chi connectivity index (χ3n) is 2.87. The Hall–Kier alpha value is -1.54. The molecule has 94 valence electrons. The van der Waals surface area contributed by atoms with Crippen LogP contribution < -0.4 is 5.32 Å². The highest BCUT2D eigenvalue weighted by Gasteiger charge is 2.07. The molecule has 18 heavy (non-hydrogen) atoms. The largest absolute Gasteiger partial charge is 0.377 e. The van der Waals surface area contributed by atoms with Gasteiger partial charge in [-0.1, -0.05) is 29.8 Å². The molecule has 2 aromatic rings. The first kappa shape index (κ1) is 12.9. The highest BCUT2D eigenvalue weighted by molar-refractivity contribution is 6.33. The molecular formula is C15H15ClFN. The molecule has 0 amide bonds. The average molecular weight is 264 g/mol. The van der Waals surface area contributed by atoms with Crippen LogP contribution in [0.25, 0.3) is 0 Å². The smallest absolute Gasteiger partial charge is 0.123 e. The number of hydrogen-bond acceptors (Lipinski definition) is 1. The number of rotatable bonds is 3. The second kappa shape index (κ2) is 5.40. The average Bonchev–Trinajstić information content (AvgIpc) is 2.33. The van der Waals surface area contributed by atoms with Crippen molar-refractivity contribution in [3.63, 3.8) is 0 Å². The zero-order chi connectivity index (χ0) is 13.1. The van der Waals surface area contributed by atoms with E-state index in [2.05, 4.69) is 5.32 Å². The van der Waals surface area contributed by atoms with E-state index in [4.69, 9.17) is 11.6 Å². The summed E-state index contributed by atoms with van der Waals surface area (Å²) in [7, 11) is 0. The molecule has 2 rings (SSSR count). The van der Waals surface area contributed by atoms with Crippen molar-refractivity contribution in [1.29, 1.82) is 0 Å². The molecular weight excluding hydrogens is 249 g/mol. The van der Waals surface area contributed by atoms with Gasteiger partial charge in [-0.2, -0.15) is 0 Å². The van der Waals surface area contributed by atoms with Crippen LogP contribution in [0.15, 0.2) is 42.5 Å². The lowest BCUT2D eigenvalue weighted by molar-refractivity contribution is 0.626. The van der Waals surface area contributed by atoms with Crippen LogP contribution in [0.1, 0.15) is 24.1 Å². The molecule has 1 nitrogen and oxygen atoms in total. The van der Waals surface area contributed by atoms with E-state index in [1.807, 2.05) is 32.0 Å². The molecule has 2 aromatic carbocycles. The van der Waals surface area contributed by atoms with Gasteiger partial charge in [0.15, 0.2) is 0 Å². The number of hydrogen-bond donors (Lipinski definition) is 1. The lowest BCUT2D eigenvalue weighted by Crippen LogP contribution is -2.07. The summed E-state index contributed by atoms with van der Waals surface area (Å²) in [5, 5.41) is 4.02. The number of halogens is 2. The fraction of sp³-hybridized carbons (Fsp3) is 0.200. The molecule has 0 bridgehead atoms. The summed E-state index contributed by atoms with van der Waals surface area (Å²) >= 11 is 6.16. The molecule has 1 atom stereocenters. The van der Waals surface area contributed by atoms with Gasteiger partial charge in [-0.05, 0) is 49.2 Å². The molecule has 0 radical (unpaired) electrons. The van der Waals surface area contributed by atoms with Crippen molar-refractivity contribution in [2.45, 2.75) is 19.9 Å². The SMILES string of the molecule is Cc1ccc(NC(C)c2ccc(F)cc2)c(Cl)c1. The van der Waals surface area contributed by atoms with Gasteiger partial charge in [0.2, 0.25) is 0 Å². The minimum atomic E-state index is -0.223. The number of nitrogens with one attached hydrogen (secondary N) is 1. The summed E-state index contributed by atoms with van der Waals surface area (Å²) in [6.07, 6.45) is 0. The van der Waals surface area contributed by atoms with E-state index in [1.54, 1.807) is 12.1 Å². The van der Waals surface area contributed by atoms with Gasteiger partial charge in [0, 0.05) is 6.04 Å². The van der Waals surface area contributed by atoms with E-state index < -0.39 is 0 Å². The van der Waals surface area contributed by atoms with Gasteiger partial charge >= 0.3 is 0 Å². The van der Waals surface area contributed by atoms with Crippen molar-refractivity contribution in [2.24, 2.45) is 0 Å². The predicted octanol–water partition coefficient (Wildman–Crippen LogP) is 4.96. The Morgan fingerprint density at radius 2 is 1.78 bits per heavy atom. The first-order valence-corrected chi connectivity index (χ1v) is 6.22. The second-order valence-corrected chi connectivity index (χ2v) is 4.81. The van der Waals surface area contributed by atoms with Crippen LogP contribution in [0.5, 0.6) is 0 Å². The maximum absolute atomic E-state index is 12.8. The van der Waals surface area contributed by atoms with E-state index in [-0.39, 0.29) is 11.9 Å². The van der Waals surface area contributed by atoms with E-state index in [0.29, 0.717) is 5.02 Å². The molecule has 0 spiro atoms. The standard InChI is InChI=1S/C15H15ClFN/c1-10-3-8-15(14(16)9-10)18-11(2)12-4-6-13(17)7-5-12/h3-9,11,18H,1-2H3. The molecule has 1 unspecified atom stereocenters. The topological polar surface area (TPSA) is 12.0 Å². The van der Waals surface area contributed by atoms with Gasteiger partial charge < -0.3 is 5.32 Å². The third-order valence-corrected chi connectivity index (χ3v) is 3.18. The van der Waals surface area contributed by atoms with Gasteiger partial charge in [-0.3, -0.25) is 0 Å². The molecule has 0 saturated carbocycles. The Kier molecular flexibility index (Phi) is 3.87. The first-order valence-electron chi connectivity index (χ1n) is 5.84. The highest BCUT2D eigenvalue weighted by atomic mass is 35.5. The number of aryl methyl sites for hydroxylation is 1. The summed E-state index contributed by atoms with van der Waals surface area (Å²) in [5.74, 6) is -0.223. The Morgan fingerprint density at radius 3 is 2.39 bits per heavy atom. The summed E-state index contributed by atoms with van der Waals surface area (Å²) in [6, 6.07) is 12.4. The molecule has 1 N–H and O–H groups in total. The molecule has 0 aliphatic heterocycles. The molecule has 0 aliphatic rings. The summed E-state index contributed by atoms with van der Waals surface area (Å²) < 4.78 is 12.8. The van der Waals surface area contributed by atoms with Crippen LogP contribution in [0, 0.1) is 12.7 Å². The van der Waals surface area contributed by atoms with Crippen LogP contribution in [0.4, 0.5) is 10.1 Å². The van der Waals surface area contributed by atoms with E-state index in [0.717, 1.165) is 16.8 Å². The van der Waals surface area contributed by atoms with Crippen molar-refractivity contribution in [2.75, 3.05) is 5.32 Å². The van der Waals surface area contributed by atoms with E-state index in [9.17, 15) is 4.39 Å². The van der Waals surface area contributed by atoms with Gasteiger partial charge in [0.1, 0.15) is 5.82 Å². The van der Waals surface area contributed by atoms with Gasteiger partial charge in [0.05, 0.1) is 10.7 Å². The minimum Gasteiger partial charge on any atom is -0.377 e. The lowest BCUT2D eigenvalue weighted by atomic mass is 10.1. The van der Waals surface area contributed by atoms with Crippen molar-refractivity contribution in [3.8, 4) is 0 Å². The van der Waals surface area contributed by atoms with Crippen LogP contribution in [0.3, 0.4) is 0 Å². The lowest BCUT2D eigenvalue weighted by Gasteiger charge is -2.17. The Morgan fingerprint density at radius 1 is 1.11 bits per heavy atom. The van der Waals surface area contributed by atoms with Gasteiger partial charge in [-0.15, -0.1) is 0 Å². The molecule has 0 saturated heterocycles. The fourth-order valence-corrected chi connectivity index (χ4v) is 2.09. The summed E-state index contributed by atoms with van der Waals surface area (Å²) in [5.41, 5.74) is 3.03. The van der Waals surface area contributed by atoms with E-state index in [1.165, 1.54) is 12.1 Å². The van der Waals surface area contributed by atoms with Crippen LogP contribution >= 0.6 is 11.6 Å². The zero-order valence-electron chi connectivity index (χ0n) is 10.4. The predicted molar refractivity (Wildman–Crippen MR) is 74.6 cm³/mol. The van der Waals surface area contributed by atoms with Crippen LogP contribution in [-0.4, -0.2) is 0 Å². The Bertz CT molecular complexity index is 537. The monoisotopic (exact) mass is 263 g/mol. The number of anilines is 1. The van der Waals surface area contributed by atoms with Crippen molar-refractivity contribution in [3.05, 3.63) is 64.4 Å². The molecule has 0 aromatic heterocycles. The third kappa shape index (κ3) is 3.02. The van der Waals surface area contributed by atoms with Gasteiger partial charge in [0.25, 0.3) is 0 Å². The Labute approximate surface area is 112 Å². The summed E-state index contributed by atoms with van der Waals surface area (Å²) in [4.78, 5) is 0. The van der Waals surface area contributed by atoms with E-state index >= 15 is 0 Å². The van der Waals surface area contributed by atoms with Crippen molar-refractivity contribution in [1.82, 2.24) is 0 Å². The fourth-order valence-electron chi connectivity index (χ4n) is 1.81. The number of benzene rings is 2. The highest BCUT2D eigenvalue weighted by Crippen LogP contribution is 2.27. The normalized spacial score (nSPS) is 12.2.